The minimum absolute atomic E-state index is 0.223. The Balaban J connectivity index is 2.48. The predicted molar refractivity (Wildman–Crippen MR) is 61.0 cm³/mol. The summed E-state index contributed by atoms with van der Waals surface area (Å²) in [5.41, 5.74) is 1.45. The van der Waals surface area contributed by atoms with Crippen LogP contribution >= 0.6 is 0 Å². The fourth-order valence-corrected chi connectivity index (χ4v) is 1.48. The molecule has 0 saturated heterocycles. The van der Waals surface area contributed by atoms with E-state index in [1.54, 1.807) is 24.3 Å². The van der Waals surface area contributed by atoms with Crippen LogP contribution in [0.5, 0.6) is 6.01 Å². The molecule has 86 valence electrons. The third kappa shape index (κ3) is 2.23. The molecular weight excluding hydrogens is 220 g/mol. The molecular formula is C12H10N2O3. The molecule has 5 heteroatoms. The zero-order valence-corrected chi connectivity index (χ0v) is 9.12. The molecule has 0 amide bonds. The largest absolute Gasteiger partial charge is 0.478 e. The second-order valence-corrected chi connectivity index (χ2v) is 3.31. The summed E-state index contributed by atoms with van der Waals surface area (Å²) in [5.74, 6) is -0.976. The highest BCUT2D eigenvalue weighted by Crippen LogP contribution is 2.22. The zero-order valence-electron chi connectivity index (χ0n) is 9.12. The summed E-state index contributed by atoms with van der Waals surface area (Å²) >= 11 is 0. The predicted octanol–water partition coefficient (Wildman–Crippen LogP) is 1.85. The van der Waals surface area contributed by atoms with Crippen molar-refractivity contribution in [2.24, 2.45) is 0 Å². The highest BCUT2D eigenvalue weighted by Gasteiger charge is 2.11. The maximum Gasteiger partial charge on any atom is 0.336 e. The lowest BCUT2D eigenvalue weighted by molar-refractivity contribution is 0.0697. The summed E-state index contributed by atoms with van der Waals surface area (Å²) in [7, 11) is 1.47. The van der Waals surface area contributed by atoms with Crippen molar-refractivity contribution in [3.8, 4) is 17.1 Å². The van der Waals surface area contributed by atoms with Gasteiger partial charge in [-0.15, -0.1) is 0 Å². The van der Waals surface area contributed by atoms with Crippen molar-refractivity contribution in [3.63, 3.8) is 0 Å². The maximum atomic E-state index is 11.1. The molecule has 0 aliphatic carbocycles. The molecule has 2 rings (SSSR count). The topological polar surface area (TPSA) is 72.3 Å². The van der Waals surface area contributed by atoms with E-state index in [0.29, 0.717) is 11.1 Å². The second kappa shape index (κ2) is 4.61. The molecule has 5 nitrogen and oxygen atoms in total. The summed E-state index contributed by atoms with van der Waals surface area (Å²) in [5, 5.41) is 9.06. The molecule has 1 aromatic carbocycles. The Labute approximate surface area is 97.7 Å². The van der Waals surface area contributed by atoms with E-state index in [0.717, 1.165) is 0 Å². The van der Waals surface area contributed by atoms with Crippen LogP contribution in [-0.4, -0.2) is 28.2 Å². The van der Waals surface area contributed by atoms with E-state index in [1.165, 1.54) is 19.5 Å². The Morgan fingerprint density at radius 2 is 1.88 bits per heavy atom. The quantitative estimate of drug-likeness (QED) is 0.871. The third-order valence-corrected chi connectivity index (χ3v) is 2.28. The van der Waals surface area contributed by atoms with Gasteiger partial charge in [-0.1, -0.05) is 18.2 Å². The molecule has 0 atom stereocenters. The number of hydrogen-bond acceptors (Lipinski definition) is 4. The number of rotatable bonds is 3. The molecule has 0 bridgehead atoms. The van der Waals surface area contributed by atoms with E-state index < -0.39 is 5.97 Å². The molecule has 0 aliphatic heterocycles. The van der Waals surface area contributed by atoms with Crippen LogP contribution in [0.2, 0.25) is 0 Å². The average Bonchev–Trinajstić information content (AvgIpc) is 2.39. The molecule has 1 heterocycles. The van der Waals surface area contributed by atoms with Gasteiger partial charge >= 0.3 is 12.0 Å². The normalized spacial score (nSPS) is 9.94. The minimum atomic E-state index is -0.976. The molecule has 2 aromatic rings. The first-order valence-electron chi connectivity index (χ1n) is 4.91. The first kappa shape index (κ1) is 11.1. The lowest BCUT2D eigenvalue weighted by Gasteiger charge is -2.05. The number of carbonyl (C=O) groups is 1. The number of carboxylic acid groups (broad SMARTS) is 1. The lowest BCUT2D eigenvalue weighted by Crippen LogP contribution is -2.00. The maximum absolute atomic E-state index is 11.1. The van der Waals surface area contributed by atoms with E-state index in [4.69, 9.17) is 9.84 Å². The first-order chi connectivity index (χ1) is 8.22. The average molecular weight is 230 g/mol. The Bertz CT molecular complexity index is 538. The van der Waals surface area contributed by atoms with Crippen LogP contribution in [0.1, 0.15) is 10.4 Å². The van der Waals surface area contributed by atoms with Crippen LogP contribution in [0.3, 0.4) is 0 Å². The van der Waals surface area contributed by atoms with Crippen LogP contribution in [-0.2, 0) is 0 Å². The van der Waals surface area contributed by atoms with E-state index >= 15 is 0 Å². The second-order valence-electron chi connectivity index (χ2n) is 3.31. The summed E-state index contributed by atoms with van der Waals surface area (Å²) in [6.07, 6.45) is 3.07. The van der Waals surface area contributed by atoms with Gasteiger partial charge < -0.3 is 9.84 Å². The molecule has 17 heavy (non-hydrogen) atoms. The standard InChI is InChI=1S/C12H10N2O3/c1-17-12-13-6-8(7-14-12)9-4-2-3-5-10(9)11(15)16/h2-7H,1H3,(H,15,16). The van der Waals surface area contributed by atoms with Gasteiger partial charge in [0.1, 0.15) is 0 Å². The van der Waals surface area contributed by atoms with Crippen LogP contribution in [0.4, 0.5) is 0 Å². The first-order valence-corrected chi connectivity index (χ1v) is 4.91. The molecule has 0 radical (unpaired) electrons. The fourth-order valence-electron chi connectivity index (χ4n) is 1.48. The smallest absolute Gasteiger partial charge is 0.336 e. The van der Waals surface area contributed by atoms with Crippen molar-refractivity contribution in [2.45, 2.75) is 0 Å². The SMILES string of the molecule is COc1ncc(-c2ccccc2C(=O)O)cn1. The zero-order chi connectivity index (χ0) is 12.3. The van der Waals surface area contributed by atoms with Crippen LogP contribution in [0.15, 0.2) is 36.7 Å². The monoisotopic (exact) mass is 230 g/mol. The summed E-state index contributed by atoms with van der Waals surface area (Å²) < 4.78 is 4.84. The molecule has 0 aliphatic rings. The van der Waals surface area contributed by atoms with Gasteiger partial charge in [0.2, 0.25) is 0 Å². The van der Waals surface area contributed by atoms with Gasteiger partial charge in [0.05, 0.1) is 12.7 Å². The van der Waals surface area contributed by atoms with Crippen LogP contribution < -0.4 is 4.74 Å². The van der Waals surface area contributed by atoms with Gasteiger partial charge in [0.25, 0.3) is 0 Å². The van der Waals surface area contributed by atoms with Crippen molar-refractivity contribution >= 4 is 5.97 Å². The van der Waals surface area contributed by atoms with Gasteiger partial charge in [-0.2, -0.15) is 0 Å². The van der Waals surface area contributed by atoms with Crippen molar-refractivity contribution < 1.29 is 14.6 Å². The Morgan fingerprint density at radius 1 is 1.24 bits per heavy atom. The van der Waals surface area contributed by atoms with Gasteiger partial charge in [-0.05, 0) is 11.6 Å². The number of aromatic nitrogens is 2. The van der Waals surface area contributed by atoms with Gasteiger partial charge in [0.15, 0.2) is 0 Å². The highest BCUT2D eigenvalue weighted by molar-refractivity contribution is 5.95. The number of nitrogens with zero attached hydrogens (tertiary/aromatic N) is 2. The molecule has 0 saturated carbocycles. The van der Waals surface area contributed by atoms with E-state index in [-0.39, 0.29) is 11.6 Å². The van der Waals surface area contributed by atoms with Crippen LogP contribution in [0.25, 0.3) is 11.1 Å². The highest BCUT2D eigenvalue weighted by atomic mass is 16.5. The number of ether oxygens (including phenoxy) is 1. The molecule has 1 aromatic heterocycles. The lowest BCUT2D eigenvalue weighted by atomic mass is 10.0. The summed E-state index contributed by atoms with van der Waals surface area (Å²) in [4.78, 5) is 18.9. The minimum Gasteiger partial charge on any atom is -0.478 e. The number of aromatic carboxylic acids is 1. The fraction of sp³-hybridized carbons (Fsp3) is 0.0833. The van der Waals surface area contributed by atoms with E-state index in [9.17, 15) is 4.79 Å². The van der Waals surface area contributed by atoms with Crippen LogP contribution in [0, 0.1) is 0 Å². The van der Waals surface area contributed by atoms with Crippen molar-refractivity contribution in [2.75, 3.05) is 7.11 Å². The van der Waals surface area contributed by atoms with Gasteiger partial charge in [-0.3, -0.25) is 0 Å². The van der Waals surface area contributed by atoms with E-state index in [1.807, 2.05) is 0 Å². The molecule has 0 unspecified atom stereocenters. The Kier molecular flexibility index (Phi) is 3.00. The molecule has 1 N–H and O–H groups in total. The summed E-state index contributed by atoms with van der Waals surface area (Å²) in [6.45, 7) is 0. The number of benzene rings is 1. The number of carboxylic acids is 1. The third-order valence-electron chi connectivity index (χ3n) is 2.28. The number of methoxy groups -OCH3 is 1. The van der Waals surface area contributed by atoms with Crippen molar-refractivity contribution in [1.29, 1.82) is 0 Å². The Hall–Kier alpha value is -2.43. The number of hydrogen-bond donors (Lipinski definition) is 1. The van der Waals surface area contributed by atoms with Gasteiger partial charge in [0, 0.05) is 18.0 Å². The van der Waals surface area contributed by atoms with Crippen molar-refractivity contribution in [1.82, 2.24) is 9.97 Å². The van der Waals surface area contributed by atoms with Crippen molar-refractivity contribution in [3.05, 3.63) is 42.2 Å². The van der Waals surface area contributed by atoms with E-state index in [2.05, 4.69) is 9.97 Å². The molecule has 0 fully saturated rings. The summed E-state index contributed by atoms with van der Waals surface area (Å²) in [6, 6.07) is 6.96. The molecule has 0 spiro atoms. The Morgan fingerprint density at radius 3 is 2.47 bits per heavy atom. The van der Waals surface area contributed by atoms with Gasteiger partial charge in [-0.25, -0.2) is 14.8 Å².